The molecule has 1 aliphatic rings. The Balaban J connectivity index is 2.19. The van der Waals surface area contributed by atoms with Gasteiger partial charge in [0, 0.05) is 38.2 Å². The molecule has 104 valence electrons. The molecule has 0 bridgehead atoms. The normalized spacial score (nSPS) is 18.8. The lowest BCUT2D eigenvalue weighted by atomic mass is 10.2. The van der Waals surface area contributed by atoms with E-state index in [2.05, 4.69) is 5.32 Å². The van der Waals surface area contributed by atoms with E-state index in [9.17, 15) is 4.79 Å². The molecular formula is C14H20N2O3. The number of ether oxygens (including phenoxy) is 2. The van der Waals surface area contributed by atoms with Crippen molar-refractivity contribution in [3.05, 3.63) is 23.8 Å². The zero-order valence-electron chi connectivity index (χ0n) is 11.6. The maximum atomic E-state index is 11.9. The van der Waals surface area contributed by atoms with Gasteiger partial charge in [0.2, 0.25) is 0 Å². The van der Waals surface area contributed by atoms with E-state index in [-0.39, 0.29) is 12.0 Å². The summed E-state index contributed by atoms with van der Waals surface area (Å²) in [4.78, 5) is 13.6. The number of likely N-dealkylation sites (N-methyl/N-ethyl adjacent to an activating group) is 1. The van der Waals surface area contributed by atoms with Crippen LogP contribution in [0.2, 0.25) is 0 Å². The fourth-order valence-corrected chi connectivity index (χ4v) is 2.16. The molecule has 1 unspecified atom stereocenters. The highest BCUT2D eigenvalue weighted by Crippen LogP contribution is 2.27. The molecule has 1 amide bonds. The Labute approximate surface area is 113 Å². The molecule has 1 aromatic carbocycles. The predicted octanol–water partition coefficient (Wildman–Crippen LogP) is 1.02. The number of amides is 1. The Morgan fingerprint density at radius 2 is 2.26 bits per heavy atom. The third-order valence-corrected chi connectivity index (χ3v) is 3.29. The Morgan fingerprint density at radius 1 is 1.47 bits per heavy atom. The fraction of sp³-hybridized carbons (Fsp3) is 0.500. The third-order valence-electron chi connectivity index (χ3n) is 3.29. The molecule has 1 heterocycles. The van der Waals surface area contributed by atoms with Crippen molar-refractivity contribution in [2.24, 2.45) is 0 Å². The van der Waals surface area contributed by atoms with Crippen molar-refractivity contribution < 1.29 is 14.3 Å². The summed E-state index contributed by atoms with van der Waals surface area (Å²) in [5, 5.41) is 3.09. The maximum Gasteiger partial charge on any atom is 0.263 e. The molecular weight excluding hydrogens is 244 g/mol. The summed E-state index contributed by atoms with van der Waals surface area (Å²) < 4.78 is 11.1. The summed E-state index contributed by atoms with van der Waals surface area (Å²) in [7, 11) is 5.29. The zero-order valence-corrected chi connectivity index (χ0v) is 11.6. The second-order valence-electron chi connectivity index (χ2n) is 4.66. The Kier molecular flexibility index (Phi) is 4.27. The molecule has 19 heavy (non-hydrogen) atoms. The summed E-state index contributed by atoms with van der Waals surface area (Å²) in [5.41, 5.74) is 1.02. The van der Waals surface area contributed by atoms with Crippen LogP contribution in [0.3, 0.4) is 0 Å². The Hall–Kier alpha value is -1.75. The van der Waals surface area contributed by atoms with Gasteiger partial charge in [-0.15, -0.1) is 0 Å². The van der Waals surface area contributed by atoms with Crippen LogP contribution < -0.4 is 14.8 Å². The molecule has 0 saturated carbocycles. The summed E-state index contributed by atoms with van der Waals surface area (Å²) >= 11 is 0. The van der Waals surface area contributed by atoms with E-state index < -0.39 is 0 Å². The lowest BCUT2D eigenvalue weighted by Gasteiger charge is -2.17. The van der Waals surface area contributed by atoms with Gasteiger partial charge >= 0.3 is 0 Å². The van der Waals surface area contributed by atoms with E-state index >= 15 is 0 Å². The number of nitrogens with zero attached hydrogens (tertiary/aromatic N) is 1. The van der Waals surface area contributed by atoms with Gasteiger partial charge in [0.25, 0.3) is 5.91 Å². The number of hydrogen-bond donors (Lipinski definition) is 1. The van der Waals surface area contributed by atoms with Gasteiger partial charge in [-0.3, -0.25) is 4.79 Å². The van der Waals surface area contributed by atoms with Crippen molar-refractivity contribution in [3.63, 3.8) is 0 Å². The molecule has 0 aliphatic carbocycles. The number of methoxy groups -OCH3 is 1. The SMILES string of the molecule is CNCc1ccc(OC)cc1OC1CCN(C)C1=O. The third kappa shape index (κ3) is 2.98. The quantitative estimate of drug-likeness (QED) is 0.863. The standard InChI is InChI=1S/C14H20N2O3/c1-15-9-10-4-5-11(18-3)8-13(10)19-12-6-7-16(2)14(12)17/h4-5,8,12,15H,6-7,9H2,1-3H3. The van der Waals surface area contributed by atoms with Crippen LogP contribution in [0.5, 0.6) is 11.5 Å². The van der Waals surface area contributed by atoms with E-state index in [1.807, 2.05) is 25.2 Å². The molecule has 5 nitrogen and oxygen atoms in total. The van der Waals surface area contributed by atoms with Gasteiger partial charge in [0.15, 0.2) is 6.10 Å². The Bertz CT molecular complexity index is 462. The van der Waals surface area contributed by atoms with Crippen molar-refractivity contribution >= 4 is 5.91 Å². The van der Waals surface area contributed by atoms with Crippen LogP contribution in [-0.2, 0) is 11.3 Å². The zero-order chi connectivity index (χ0) is 13.8. The number of hydrogen-bond acceptors (Lipinski definition) is 4. The minimum Gasteiger partial charge on any atom is -0.497 e. The van der Waals surface area contributed by atoms with Gasteiger partial charge in [-0.1, -0.05) is 6.07 Å². The average molecular weight is 264 g/mol. The number of likely N-dealkylation sites (tertiary alicyclic amines) is 1. The smallest absolute Gasteiger partial charge is 0.263 e. The van der Waals surface area contributed by atoms with Crippen molar-refractivity contribution in [2.45, 2.75) is 19.1 Å². The average Bonchev–Trinajstić information content (AvgIpc) is 2.73. The molecule has 1 saturated heterocycles. The maximum absolute atomic E-state index is 11.9. The number of rotatable bonds is 5. The van der Waals surface area contributed by atoms with Crippen LogP contribution in [0.25, 0.3) is 0 Å². The van der Waals surface area contributed by atoms with Gasteiger partial charge in [-0.2, -0.15) is 0 Å². The fourth-order valence-electron chi connectivity index (χ4n) is 2.16. The number of benzene rings is 1. The van der Waals surface area contributed by atoms with E-state index in [0.717, 1.165) is 24.3 Å². The minimum absolute atomic E-state index is 0.0400. The molecule has 1 aromatic rings. The van der Waals surface area contributed by atoms with Gasteiger partial charge in [-0.25, -0.2) is 0 Å². The largest absolute Gasteiger partial charge is 0.497 e. The molecule has 0 aromatic heterocycles. The summed E-state index contributed by atoms with van der Waals surface area (Å²) in [5.74, 6) is 1.48. The first kappa shape index (κ1) is 13.7. The molecule has 0 spiro atoms. The van der Waals surface area contributed by atoms with E-state index in [1.165, 1.54) is 0 Å². The van der Waals surface area contributed by atoms with Crippen LogP contribution in [-0.4, -0.2) is 44.7 Å². The first-order valence-corrected chi connectivity index (χ1v) is 6.39. The summed E-state index contributed by atoms with van der Waals surface area (Å²) in [6, 6.07) is 5.67. The van der Waals surface area contributed by atoms with E-state index in [4.69, 9.17) is 9.47 Å². The molecule has 1 fully saturated rings. The summed E-state index contributed by atoms with van der Waals surface area (Å²) in [6.45, 7) is 1.44. The number of carbonyl (C=O) groups excluding carboxylic acids is 1. The van der Waals surface area contributed by atoms with Gasteiger partial charge < -0.3 is 19.7 Å². The highest BCUT2D eigenvalue weighted by molar-refractivity contribution is 5.83. The van der Waals surface area contributed by atoms with Crippen molar-refractivity contribution in [1.82, 2.24) is 10.2 Å². The lowest BCUT2D eigenvalue weighted by molar-refractivity contribution is -0.132. The van der Waals surface area contributed by atoms with Gasteiger partial charge in [0.1, 0.15) is 11.5 Å². The van der Waals surface area contributed by atoms with Crippen molar-refractivity contribution in [2.75, 3.05) is 27.7 Å². The molecule has 5 heteroatoms. The van der Waals surface area contributed by atoms with Crippen LogP contribution in [0.1, 0.15) is 12.0 Å². The van der Waals surface area contributed by atoms with Crippen LogP contribution in [0.15, 0.2) is 18.2 Å². The molecule has 0 radical (unpaired) electrons. The highest BCUT2D eigenvalue weighted by atomic mass is 16.5. The second kappa shape index (κ2) is 5.93. The second-order valence-corrected chi connectivity index (χ2v) is 4.66. The van der Waals surface area contributed by atoms with Crippen LogP contribution in [0, 0.1) is 0 Å². The van der Waals surface area contributed by atoms with Crippen LogP contribution in [0.4, 0.5) is 0 Å². The topological polar surface area (TPSA) is 50.8 Å². The molecule has 1 aliphatic heterocycles. The highest BCUT2D eigenvalue weighted by Gasteiger charge is 2.31. The summed E-state index contributed by atoms with van der Waals surface area (Å²) in [6.07, 6.45) is 0.346. The van der Waals surface area contributed by atoms with Crippen molar-refractivity contribution in [3.8, 4) is 11.5 Å². The molecule has 1 N–H and O–H groups in total. The number of nitrogens with one attached hydrogen (secondary N) is 1. The lowest BCUT2D eigenvalue weighted by Crippen LogP contribution is -2.29. The van der Waals surface area contributed by atoms with Gasteiger partial charge in [0.05, 0.1) is 7.11 Å². The first-order valence-electron chi connectivity index (χ1n) is 6.39. The van der Waals surface area contributed by atoms with Gasteiger partial charge in [-0.05, 0) is 13.1 Å². The van der Waals surface area contributed by atoms with E-state index in [0.29, 0.717) is 12.3 Å². The van der Waals surface area contributed by atoms with Crippen molar-refractivity contribution in [1.29, 1.82) is 0 Å². The first-order chi connectivity index (χ1) is 9.15. The van der Waals surface area contributed by atoms with Crippen LogP contribution >= 0.6 is 0 Å². The minimum atomic E-state index is -0.382. The predicted molar refractivity (Wildman–Crippen MR) is 72.4 cm³/mol. The monoisotopic (exact) mass is 264 g/mol. The van der Waals surface area contributed by atoms with E-state index in [1.54, 1.807) is 19.1 Å². The molecule has 1 atom stereocenters. The Morgan fingerprint density at radius 3 is 2.84 bits per heavy atom. The molecule has 2 rings (SSSR count). The number of carbonyl (C=O) groups is 1.